The number of amides is 1. The molecule has 1 aromatic carbocycles. The van der Waals surface area contributed by atoms with E-state index in [1.165, 1.54) is 19.2 Å². The highest BCUT2D eigenvalue weighted by Gasteiger charge is 2.34. The predicted molar refractivity (Wildman–Crippen MR) is 61.2 cm³/mol. The summed E-state index contributed by atoms with van der Waals surface area (Å²) in [7, 11) is 1.23. The van der Waals surface area contributed by atoms with Crippen molar-refractivity contribution in [2.45, 2.75) is 5.92 Å². The van der Waals surface area contributed by atoms with Crippen molar-refractivity contribution in [3.05, 3.63) is 33.5 Å². The highest BCUT2D eigenvalue weighted by atomic mass is 79.9. The Balaban J connectivity index is 2.61. The molecule has 0 radical (unpaired) electrons. The minimum absolute atomic E-state index is 0.0475. The zero-order chi connectivity index (χ0) is 12.6. The molecule has 17 heavy (non-hydrogen) atoms. The van der Waals surface area contributed by atoms with Crippen LogP contribution in [-0.4, -0.2) is 25.5 Å². The van der Waals surface area contributed by atoms with E-state index in [-0.39, 0.29) is 28.1 Å². The molecule has 1 aliphatic heterocycles. The fraction of sp³-hybridized carbons (Fsp3) is 0.273. The number of hydrogen-bond donors (Lipinski definition) is 1. The molecule has 0 saturated carbocycles. The molecule has 1 atom stereocenters. The van der Waals surface area contributed by atoms with Crippen LogP contribution < -0.4 is 5.32 Å². The second-order valence-electron chi connectivity index (χ2n) is 3.61. The lowest BCUT2D eigenvalue weighted by Crippen LogP contribution is -2.39. The fourth-order valence-corrected chi connectivity index (χ4v) is 2.19. The summed E-state index contributed by atoms with van der Waals surface area (Å²) < 4.78 is 18.8. The quantitative estimate of drug-likeness (QED) is 0.802. The summed E-state index contributed by atoms with van der Waals surface area (Å²) in [5.41, 5.74) is 0.266. The molecule has 1 amide bonds. The minimum atomic E-state index is -0.801. The molecule has 2 rings (SSSR count). The Morgan fingerprint density at radius 3 is 2.94 bits per heavy atom. The van der Waals surface area contributed by atoms with Crippen LogP contribution in [0.25, 0.3) is 0 Å². The van der Waals surface area contributed by atoms with Crippen LogP contribution in [0.3, 0.4) is 0 Å². The maximum absolute atomic E-state index is 14.0. The summed E-state index contributed by atoms with van der Waals surface area (Å²) in [6.07, 6.45) is 0. The fourth-order valence-electron chi connectivity index (χ4n) is 1.84. The average Bonchev–Trinajstić information content (AvgIpc) is 2.33. The number of benzene rings is 1. The van der Waals surface area contributed by atoms with E-state index in [0.717, 1.165) is 0 Å². The van der Waals surface area contributed by atoms with Crippen LogP contribution in [0.2, 0.25) is 0 Å². The molecule has 0 fully saturated rings. The number of ether oxygens (including phenoxy) is 1. The van der Waals surface area contributed by atoms with Crippen molar-refractivity contribution in [3.8, 4) is 0 Å². The van der Waals surface area contributed by atoms with Gasteiger partial charge in [0.2, 0.25) is 0 Å². The molecule has 1 aromatic rings. The van der Waals surface area contributed by atoms with E-state index < -0.39 is 17.7 Å². The SMILES string of the molecule is COC(=O)C1CNC(=O)c2ccc(Br)c(F)c21. The van der Waals surface area contributed by atoms with Crippen LogP contribution >= 0.6 is 15.9 Å². The Labute approximate surface area is 105 Å². The molecule has 0 saturated heterocycles. The number of rotatable bonds is 1. The van der Waals surface area contributed by atoms with Crippen LogP contribution in [0.1, 0.15) is 21.8 Å². The average molecular weight is 302 g/mol. The monoisotopic (exact) mass is 301 g/mol. The van der Waals surface area contributed by atoms with Crippen LogP contribution in [0, 0.1) is 5.82 Å². The van der Waals surface area contributed by atoms with Crippen molar-refractivity contribution in [3.63, 3.8) is 0 Å². The van der Waals surface area contributed by atoms with E-state index >= 15 is 0 Å². The molecule has 0 bridgehead atoms. The number of methoxy groups -OCH3 is 1. The maximum atomic E-state index is 14.0. The van der Waals surface area contributed by atoms with Gasteiger partial charge in [-0.25, -0.2) is 4.39 Å². The van der Waals surface area contributed by atoms with Crippen molar-refractivity contribution in [1.29, 1.82) is 0 Å². The van der Waals surface area contributed by atoms with Gasteiger partial charge in [-0.1, -0.05) is 0 Å². The van der Waals surface area contributed by atoms with Gasteiger partial charge < -0.3 is 10.1 Å². The number of esters is 1. The van der Waals surface area contributed by atoms with Gasteiger partial charge in [0.05, 0.1) is 11.6 Å². The molecule has 0 spiro atoms. The van der Waals surface area contributed by atoms with E-state index in [1.54, 1.807) is 0 Å². The first kappa shape index (κ1) is 12.0. The number of halogens is 2. The Morgan fingerprint density at radius 1 is 1.59 bits per heavy atom. The summed E-state index contributed by atoms with van der Waals surface area (Å²) in [5, 5.41) is 2.53. The largest absolute Gasteiger partial charge is 0.468 e. The normalized spacial score (nSPS) is 18.3. The van der Waals surface area contributed by atoms with Crippen molar-refractivity contribution < 1.29 is 18.7 Å². The number of hydrogen-bond acceptors (Lipinski definition) is 3. The Hall–Kier alpha value is -1.43. The molecule has 1 aliphatic rings. The molecule has 1 N–H and O–H groups in total. The number of fused-ring (bicyclic) bond motifs is 1. The highest BCUT2D eigenvalue weighted by Crippen LogP contribution is 2.31. The van der Waals surface area contributed by atoms with Gasteiger partial charge in [-0.2, -0.15) is 0 Å². The zero-order valence-corrected chi connectivity index (χ0v) is 10.5. The van der Waals surface area contributed by atoms with Crippen molar-refractivity contribution in [2.24, 2.45) is 0 Å². The van der Waals surface area contributed by atoms with Gasteiger partial charge in [-0.3, -0.25) is 9.59 Å². The lowest BCUT2D eigenvalue weighted by molar-refractivity contribution is -0.142. The molecule has 1 unspecified atom stereocenters. The van der Waals surface area contributed by atoms with Gasteiger partial charge in [-0.05, 0) is 28.1 Å². The van der Waals surface area contributed by atoms with Gasteiger partial charge >= 0.3 is 5.97 Å². The molecule has 4 nitrogen and oxygen atoms in total. The molecule has 0 aliphatic carbocycles. The van der Waals surface area contributed by atoms with Crippen LogP contribution in [0.15, 0.2) is 16.6 Å². The third kappa shape index (κ3) is 1.93. The summed E-state index contributed by atoms with van der Waals surface area (Å²) in [5.74, 6) is -2.34. The molecule has 0 aromatic heterocycles. The first-order valence-corrected chi connectivity index (χ1v) is 5.69. The van der Waals surface area contributed by atoms with Gasteiger partial charge in [0, 0.05) is 17.7 Å². The standard InChI is InChI=1S/C11H9BrFNO3/c1-17-11(16)6-4-14-10(15)5-2-3-7(12)9(13)8(5)6/h2-3,6H,4H2,1H3,(H,14,15). The van der Waals surface area contributed by atoms with Gasteiger partial charge in [0.1, 0.15) is 11.7 Å². The number of carbonyl (C=O) groups excluding carboxylic acids is 2. The van der Waals surface area contributed by atoms with E-state index in [1.807, 2.05) is 0 Å². The highest BCUT2D eigenvalue weighted by molar-refractivity contribution is 9.10. The Morgan fingerprint density at radius 2 is 2.29 bits per heavy atom. The third-order valence-corrected chi connectivity index (χ3v) is 3.29. The Bertz CT molecular complexity index is 504. The van der Waals surface area contributed by atoms with Crippen molar-refractivity contribution in [2.75, 3.05) is 13.7 Å². The van der Waals surface area contributed by atoms with Gasteiger partial charge in [-0.15, -0.1) is 0 Å². The van der Waals surface area contributed by atoms with Crippen LogP contribution in [0.4, 0.5) is 4.39 Å². The lowest BCUT2D eigenvalue weighted by atomic mass is 9.90. The van der Waals surface area contributed by atoms with E-state index in [2.05, 4.69) is 26.0 Å². The van der Waals surface area contributed by atoms with Crippen LogP contribution in [-0.2, 0) is 9.53 Å². The smallest absolute Gasteiger partial charge is 0.315 e. The first-order chi connectivity index (χ1) is 8.06. The first-order valence-electron chi connectivity index (χ1n) is 4.90. The number of carbonyl (C=O) groups is 2. The summed E-state index contributed by atoms with van der Waals surface area (Å²) in [6.45, 7) is 0.0475. The minimum Gasteiger partial charge on any atom is -0.468 e. The predicted octanol–water partition coefficient (Wildman–Crippen LogP) is 1.59. The zero-order valence-electron chi connectivity index (χ0n) is 8.92. The molecule has 6 heteroatoms. The third-order valence-electron chi connectivity index (χ3n) is 2.68. The van der Waals surface area contributed by atoms with Gasteiger partial charge in [0.15, 0.2) is 0 Å². The molecule has 90 valence electrons. The van der Waals surface area contributed by atoms with Crippen LogP contribution in [0.5, 0.6) is 0 Å². The van der Waals surface area contributed by atoms with Gasteiger partial charge in [0.25, 0.3) is 5.91 Å². The summed E-state index contributed by atoms with van der Waals surface area (Å²) >= 11 is 3.03. The topological polar surface area (TPSA) is 55.4 Å². The summed E-state index contributed by atoms with van der Waals surface area (Å²) in [4.78, 5) is 23.1. The maximum Gasteiger partial charge on any atom is 0.315 e. The van der Waals surface area contributed by atoms with E-state index in [9.17, 15) is 14.0 Å². The second kappa shape index (κ2) is 4.44. The second-order valence-corrected chi connectivity index (χ2v) is 4.46. The number of nitrogens with one attached hydrogen (secondary N) is 1. The van der Waals surface area contributed by atoms with Crippen molar-refractivity contribution in [1.82, 2.24) is 5.32 Å². The molecular formula is C11H9BrFNO3. The lowest BCUT2D eigenvalue weighted by Gasteiger charge is -2.24. The molecular weight excluding hydrogens is 293 g/mol. The Kier molecular flexibility index (Phi) is 3.15. The van der Waals surface area contributed by atoms with E-state index in [0.29, 0.717) is 0 Å². The van der Waals surface area contributed by atoms with E-state index in [4.69, 9.17) is 0 Å². The molecule has 1 heterocycles. The summed E-state index contributed by atoms with van der Waals surface area (Å²) in [6, 6.07) is 2.92. The van der Waals surface area contributed by atoms with Crippen molar-refractivity contribution >= 4 is 27.8 Å².